The molecule has 0 spiro atoms. The van der Waals surface area contributed by atoms with Crippen molar-refractivity contribution in [3.8, 4) is 11.5 Å². The highest BCUT2D eigenvalue weighted by Crippen LogP contribution is 2.30. The summed E-state index contributed by atoms with van der Waals surface area (Å²) in [5.41, 5.74) is 1.60. The number of nitrogens with one attached hydrogen (secondary N) is 1. The number of carbonyl (C=O) groups is 2. The fourth-order valence-electron chi connectivity index (χ4n) is 3.47. The fourth-order valence-corrected chi connectivity index (χ4v) is 3.47. The van der Waals surface area contributed by atoms with Crippen molar-refractivity contribution < 1.29 is 23.5 Å². The van der Waals surface area contributed by atoms with Crippen LogP contribution < -0.4 is 14.8 Å². The molecular weight excluding hydrogens is 423 g/mol. The van der Waals surface area contributed by atoms with E-state index in [-0.39, 0.29) is 36.8 Å². The van der Waals surface area contributed by atoms with Crippen molar-refractivity contribution in [2.75, 3.05) is 19.0 Å². The van der Waals surface area contributed by atoms with Crippen molar-refractivity contribution in [1.29, 1.82) is 0 Å². The smallest absolute Gasteiger partial charge is 0.262 e. The number of hydrogen-bond donors (Lipinski definition) is 1. The number of ether oxygens (including phenoxy) is 2. The van der Waals surface area contributed by atoms with Crippen LogP contribution in [0, 0.1) is 5.82 Å². The van der Waals surface area contributed by atoms with E-state index < -0.39 is 0 Å². The highest BCUT2D eigenvalue weighted by atomic mass is 19.1. The van der Waals surface area contributed by atoms with Crippen LogP contribution in [-0.2, 0) is 11.3 Å². The Morgan fingerprint density at radius 3 is 2.45 bits per heavy atom. The van der Waals surface area contributed by atoms with Crippen LogP contribution in [0.15, 0.2) is 72.8 Å². The highest BCUT2D eigenvalue weighted by molar-refractivity contribution is 5.95. The SMILES string of the molecule is COc1cccc(NC(=O)COc2ccc(C(=O)N(Cc3ccccc3F)C3CC3)cc2)c1. The predicted octanol–water partition coefficient (Wildman–Crippen LogP) is 4.66. The van der Waals surface area contributed by atoms with Gasteiger partial charge in [0.15, 0.2) is 6.61 Å². The number of methoxy groups -OCH3 is 1. The van der Waals surface area contributed by atoms with E-state index in [0.717, 1.165) is 12.8 Å². The third-order valence-corrected chi connectivity index (χ3v) is 5.37. The maximum atomic E-state index is 14.1. The zero-order chi connectivity index (χ0) is 23.2. The summed E-state index contributed by atoms with van der Waals surface area (Å²) in [6.45, 7) is 0.0604. The van der Waals surface area contributed by atoms with Gasteiger partial charge in [-0.05, 0) is 55.3 Å². The predicted molar refractivity (Wildman–Crippen MR) is 123 cm³/mol. The number of benzene rings is 3. The summed E-state index contributed by atoms with van der Waals surface area (Å²) in [5, 5.41) is 2.74. The molecule has 0 unspecified atom stereocenters. The molecule has 3 aromatic carbocycles. The first-order chi connectivity index (χ1) is 16.0. The Bertz CT molecular complexity index is 1130. The minimum atomic E-state index is -0.313. The standard InChI is InChI=1S/C26H25FN2O4/c1-32-23-7-4-6-20(15-23)28-25(30)17-33-22-13-9-18(10-14-22)26(31)29(21-11-12-21)16-19-5-2-3-8-24(19)27/h2-10,13-15,21H,11-12,16-17H2,1H3,(H,28,30). The largest absolute Gasteiger partial charge is 0.497 e. The quantitative estimate of drug-likeness (QED) is 0.517. The van der Waals surface area contributed by atoms with Gasteiger partial charge in [0.1, 0.15) is 17.3 Å². The molecule has 1 aliphatic rings. The monoisotopic (exact) mass is 448 g/mol. The molecule has 0 heterocycles. The molecule has 1 fully saturated rings. The average molecular weight is 448 g/mol. The van der Waals surface area contributed by atoms with Crippen LogP contribution in [0.5, 0.6) is 11.5 Å². The van der Waals surface area contributed by atoms with Gasteiger partial charge in [0, 0.05) is 35.5 Å². The lowest BCUT2D eigenvalue weighted by atomic mass is 10.1. The molecule has 0 aromatic heterocycles. The normalized spacial score (nSPS) is 12.7. The Labute approximate surface area is 191 Å². The van der Waals surface area contributed by atoms with Crippen molar-refractivity contribution in [3.05, 3.63) is 89.7 Å². The third-order valence-electron chi connectivity index (χ3n) is 5.37. The molecule has 3 aromatic rings. The lowest BCUT2D eigenvalue weighted by Crippen LogP contribution is -2.32. The van der Waals surface area contributed by atoms with E-state index in [1.165, 1.54) is 6.07 Å². The fraction of sp³-hybridized carbons (Fsp3) is 0.231. The molecule has 4 rings (SSSR count). The molecule has 0 saturated heterocycles. The van der Waals surface area contributed by atoms with Crippen molar-refractivity contribution in [1.82, 2.24) is 4.90 Å². The molecule has 1 saturated carbocycles. The minimum Gasteiger partial charge on any atom is -0.497 e. The second kappa shape index (κ2) is 10.2. The number of rotatable bonds is 9. The topological polar surface area (TPSA) is 67.9 Å². The van der Waals surface area contributed by atoms with Crippen molar-refractivity contribution in [2.45, 2.75) is 25.4 Å². The molecule has 1 N–H and O–H groups in total. The average Bonchev–Trinajstić information content (AvgIpc) is 3.68. The van der Waals surface area contributed by atoms with Crippen molar-refractivity contribution >= 4 is 17.5 Å². The molecule has 0 radical (unpaired) electrons. The second-order valence-electron chi connectivity index (χ2n) is 7.85. The van der Waals surface area contributed by atoms with E-state index in [4.69, 9.17) is 9.47 Å². The second-order valence-corrected chi connectivity index (χ2v) is 7.85. The van der Waals surface area contributed by atoms with Gasteiger partial charge in [-0.25, -0.2) is 4.39 Å². The summed E-state index contributed by atoms with van der Waals surface area (Å²) in [6.07, 6.45) is 1.84. The van der Waals surface area contributed by atoms with Gasteiger partial charge < -0.3 is 19.7 Å². The summed E-state index contributed by atoms with van der Waals surface area (Å²) < 4.78 is 24.8. The Hall–Kier alpha value is -3.87. The Balaban J connectivity index is 1.34. The van der Waals surface area contributed by atoms with Gasteiger partial charge in [0.2, 0.25) is 0 Å². The summed E-state index contributed by atoms with van der Waals surface area (Å²) in [4.78, 5) is 26.9. The highest BCUT2D eigenvalue weighted by Gasteiger charge is 2.33. The van der Waals surface area contributed by atoms with E-state index in [1.807, 2.05) is 0 Å². The zero-order valence-electron chi connectivity index (χ0n) is 18.3. The van der Waals surface area contributed by atoms with E-state index in [1.54, 1.807) is 78.7 Å². The molecule has 0 bridgehead atoms. The van der Waals surface area contributed by atoms with Crippen molar-refractivity contribution in [3.63, 3.8) is 0 Å². The molecule has 1 aliphatic carbocycles. The van der Waals surface area contributed by atoms with Crippen LogP contribution in [-0.4, -0.2) is 36.5 Å². The molecule has 6 nitrogen and oxygen atoms in total. The van der Waals surface area contributed by atoms with Gasteiger partial charge in [-0.2, -0.15) is 0 Å². The molecule has 33 heavy (non-hydrogen) atoms. The molecule has 170 valence electrons. The minimum absolute atomic E-state index is 0.133. The number of halogens is 1. The lowest BCUT2D eigenvalue weighted by molar-refractivity contribution is -0.118. The zero-order valence-corrected chi connectivity index (χ0v) is 18.3. The Morgan fingerprint density at radius 1 is 1.00 bits per heavy atom. The first kappa shape index (κ1) is 22.3. The lowest BCUT2D eigenvalue weighted by Gasteiger charge is -2.23. The summed E-state index contributed by atoms with van der Waals surface area (Å²) in [7, 11) is 1.56. The first-order valence-electron chi connectivity index (χ1n) is 10.7. The van der Waals surface area contributed by atoms with Gasteiger partial charge in [0.05, 0.1) is 7.11 Å². The Morgan fingerprint density at radius 2 is 1.76 bits per heavy atom. The van der Waals surface area contributed by atoms with Gasteiger partial charge in [-0.15, -0.1) is 0 Å². The summed E-state index contributed by atoms with van der Waals surface area (Å²) >= 11 is 0. The molecule has 0 aliphatic heterocycles. The van der Waals surface area contributed by atoms with Gasteiger partial charge in [-0.1, -0.05) is 24.3 Å². The van der Waals surface area contributed by atoms with Gasteiger partial charge in [0.25, 0.3) is 11.8 Å². The third kappa shape index (κ3) is 5.88. The van der Waals surface area contributed by atoms with Crippen LogP contribution in [0.25, 0.3) is 0 Å². The number of hydrogen-bond acceptors (Lipinski definition) is 4. The van der Waals surface area contributed by atoms with Gasteiger partial charge in [-0.3, -0.25) is 9.59 Å². The van der Waals surface area contributed by atoms with Crippen LogP contribution in [0.2, 0.25) is 0 Å². The number of nitrogens with zero attached hydrogens (tertiary/aromatic N) is 1. The summed E-state index contributed by atoms with van der Waals surface area (Å²) in [6, 6.07) is 20.3. The van der Waals surface area contributed by atoms with E-state index in [2.05, 4.69) is 5.32 Å². The maximum Gasteiger partial charge on any atom is 0.262 e. The van der Waals surface area contributed by atoms with E-state index >= 15 is 0 Å². The number of amides is 2. The van der Waals surface area contributed by atoms with E-state index in [9.17, 15) is 14.0 Å². The molecule has 2 amide bonds. The number of carbonyl (C=O) groups excluding carboxylic acids is 2. The van der Waals surface area contributed by atoms with Crippen LogP contribution >= 0.6 is 0 Å². The van der Waals surface area contributed by atoms with E-state index in [0.29, 0.717) is 28.3 Å². The van der Waals surface area contributed by atoms with Crippen molar-refractivity contribution in [2.24, 2.45) is 0 Å². The number of anilines is 1. The van der Waals surface area contributed by atoms with Crippen LogP contribution in [0.3, 0.4) is 0 Å². The molecular formula is C26H25FN2O4. The first-order valence-corrected chi connectivity index (χ1v) is 10.7. The maximum absolute atomic E-state index is 14.1. The molecule has 0 atom stereocenters. The summed E-state index contributed by atoms with van der Waals surface area (Å²) in [5.74, 6) is 0.340. The van der Waals surface area contributed by atoms with Crippen LogP contribution in [0.4, 0.5) is 10.1 Å². The Kier molecular flexibility index (Phi) is 6.88. The van der Waals surface area contributed by atoms with Crippen LogP contribution in [0.1, 0.15) is 28.8 Å². The van der Waals surface area contributed by atoms with Gasteiger partial charge >= 0.3 is 0 Å². The molecule has 7 heteroatoms.